The van der Waals surface area contributed by atoms with Crippen molar-refractivity contribution in [1.29, 1.82) is 0 Å². The molecule has 1 fully saturated rings. The average Bonchev–Trinajstić information content (AvgIpc) is 3.22. The number of aromatic amines is 1. The van der Waals surface area contributed by atoms with E-state index >= 15 is 0 Å². The van der Waals surface area contributed by atoms with Crippen molar-refractivity contribution in [1.82, 2.24) is 15.2 Å². The minimum absolute atomic E-state index is 0.0120. The van der Waals surface area contributed by atoms with Crippen molar-refractivity contribution in [2.24, 2.45) is 0 Å². The van der Waals surface area contributed by atoms with Gasteiger partial charge in [-0.3, -0.25) is 4.79 Å². The zero-order valence-corrected chi connectivity index (χ0v) is 17.7. The zero-order valence-electron chi connectivity index (χ0n) is 17.7. The van der Waals surface area contributed by atoms with Crippen molar-refractivity contribution in [3.05, 3.63) is 65.9 Å². The molecule has 158 valence electrons. The van der Waals surface area contributed by atoms with Crippen LogP contribution in [0.3, 0.4) is 0 Å². The number of carbonyl (C=O) groups is 1. The van der Waals surface area contributed by atoms with Crippen LogP contribution in [0.5, 0.6) is 5.75 Å². The largest absolute Gasteiger partial charge is 0.497 e. The summed E-state index contributed by atoms with van der Waals surface area (Å²) in [4.78, 5) is 18.7. The predicted molar refractivity (Wildman–Crippen MR) is 121 cm³/mol. The quantitative estimate of drug-likeness (QED) is 0.587. The summed E-state index contributed by atoms with van der Waals surface area (Å²) in [5, 5.41) is 4.31. The maximum atomic E-state index is 12.9. The van der Waals surface area contributed by atoms with Gasteiger partial charge < -0.3 is 19.9 Å². The van der Waals surface area contributed by atoms with Gasteiger partial charge >= 0.3 is 0 Å². The van der Waals surface area contributed by atoms with Crippen molar-refractivity contribution in [2.75, 3.05) is 33.3 Å². The second kappa shape index (κ2) is 9.81. The van der Waals surface area contributed by atoms with Crippen molar-refractivity contribution < 1.29 is 9.53 Å². The van der Waals surface area contributed by atoms with Gasteiger partial charge in [0.25, 0.3) is 0 Å². The van der Waals surface area contributed by atoms with Gasteiger partial charge in [0.2, 0.25) is 5.91 Å². The number of H-pyrrole nitrogens is 1. The fraction of sp³-hybridized carbons (Fsp3) is 0.400. The molecule has 2 aromatic carbocycles. The third-order valence-electron chi connectivity index (χ3n) is 6.10. The minimum atomic E-state index is -0.0120. The lowest BCUT2D eigenvalue weighted by atomic mass is 9.88. The third kappa shape index (κ3) is 4.85. The molecule has 30 heavy (non-hydrogen) atoms. The fourth-order valence-corrected chi connectivity index (χ4v) is 4.42. The molecule has 1 amide bonds. The Morgan fingerprint density at radius 2 is 1.87 bits per heavy atom. The van der Waals surface area contributed by atoms with Crippen LogP contribution in [0.4, 0.5) is 0 Å². The molecular formula is C25H31N3O2. The Hall–Kier alpha value is -2.79. The molecule has 5 heteroatoms. The van der Waals surface area contributed by atoms with Crippen molar-refractivity contribution in [3.8, 4) is 5.75 Å². The van der Waals surface area contributed by atoms with E-state index in [2.05, 4.69) is 39.5 Å². The molecule has 0 saturated carbocycles. The highest BCUT2D eigenvalue weighted by Crippen LogP contribution is 2.34. The van der Waals surface area contributed by atoms with E-state index in [-0.39, 0.29) is 11.8 Å². The summed E-state index contributed by atoms with van der Waals surface area (Å²) in [5.41, 5.74) is 3.37. The van der Waals surface area contributed by atoms with E-state index in [1.165, 1.54) is 24.6 Å². The van der Waals surface area contributed by atoms with Crippen LogP contribution in [0.1, 0.15) is 42.7 Å². The van der Waals surface area contributed by atoms with Gasteiger partial charge in [-0.2, -0.15) is 0 Å². The number of benzene rings is 2. The van der Waals surface area contributed by atoms with Gasteiger partial charge in [-0.1, -0.05) is 36.8 Å². The normalized spacial score (nSPS) is 15.8. The molecule has 2 heterocycles. The summed E-state index contributed by atoms with van der Waals surface area (Å²) >= 11 is 0. The maximum absolute atomic E-state index is 12.9. The monoisotopic (exact) mass is 405 g/mol. The first-order valence-electron chi connectivity index (χ1n) is 10.9. The van der Waals surface area contributed by atoms with Crippen LogP contribution in [-0.2, 0) is 4.79 Å². The number of fused-ring (bicyclic) bond motifs is 1. The fourth-order valence-electron chi connectivity index (χ4n) is 4.42. The first kappa shape index (κ1) is 20.5. The molecule has 1 saturated heterocycles. The number of hydrogen-bond acceptors (Lipinski definition) is 3. The lowest BCUT2D eigenvalue weighted by molar-refractivity contribution is -0.121. The van der Waals surface area contributed by atoms with Crippen molar-refractivity contribution in [3.63, 3.8) is 0 Å². The Balaban J connectivity index is 1.49. The van der Waals surface area contributed by atoms with Gasteiger partial charge in [0.05, 0.1) is 7.11 Å². The number of rotatable bonds is 8. The first-order valence-corrected chi connectivity index (χ1v) is 10.9. The zero-order chi connectivity index (χ0) is 20.8. The van der Waals surface area contributed by atoms with Crippen LogP contribution < -0.4 is 10.1 Å². The average molecular weight is 406 g/mol. The summed E-state index contributed by atoms with van der Waals surface area (Å²) in [5.74, 6) is 0.905. The summed E-state index contributed by atoms with van der Waals surface area (Å²) in [6.45, 7) is 3.95. The molecule has 4 rings (SSSR count). The van der Waals surface area contributed by atoms with Crippen molar-refractivity contribution in [2.45, 2.75) is 31.6 Å². The van der Waals surface area contributed by atoms with E-state index in [1.54, 1.807) is 7.11 Å². The molecule has 1 atom stereocenters. The molecule has 1 unspecified atom stereocenters. The van der Waals surface area contributed by atoms with E-state index in [4.69, 9.17) is 4.74 Å². The number of aromatic nitrogens is 1. The number of hydrogen-bond donors (Lipinski definition) is 2. The minimum Gasteiger partial charge on any atom is -0.497 e. The van der Waals surface area contributed by atoms with Crippen LogP contribution in [0.15, 0.2) is 54.7 Å². The number of likely N-dealkylation sites (tertiary alicyclic amines) is 1. The second-order valence-electron chi connectivity index (χ2n) is 8.07. The summed E-state index contributed by atoms with van der Waals surface area (Å²) in [7, 11) is 1.67. The van der Waals surface area contributed by atoms with Gasteiger partial charge in [-0.05, 0) is 55.3 Å². The second-order valence-corrected chi connectivity index (χ2v) is 8.07. The molecule has 3 aromatic rings. The number of nitrogens with one attached hydrogen (secondary N) is 2. The molecule has 0 aliphatic carbocycles. The maximum Gasteiger partial charge on any atom is 0.220 e. The van der Waals surface area contributed by atoms with E-state index in [0.717, 1.165) is 42.0 Å². The SMILES string of the molecule is COc1ccc(C(CC(=O)NCCN2CCCCC2)c2c[nH]c3ccccc23)cc1. The molecule has 0 spiro atoms. The molecule has 1 aliphatic rings. The van der Waals surface area contributed by atoms with Crippen LogP contribution in [-0.4, -0.2) is 49.1 Å². The van der Waals surface area contributed by atoms with Crippen LogP contribution in [0.25, 0.3) is 10.9 Å². The lowest BCUT2D eigenvalue weighted by Crippen LogP contribution is -2.38. The number of amides is 1. The summed E-state index contributed by atoms with van der Waals surface area (Å²) < 4.78 is 5.31. The molecule has 1 aliphatic heterocycles. The molecule has 2 N–H and O–H groups in total. The van der Waals surface area contributed by atoms with Gasteiger partial charge in [-0.15, -0.1) is 0 Å². The molecular weight excluding hydrogens is 374 g/mol. The van der Waals surface area contributed by atoms with E-state index in [9.17, 15) is 4.79 Å². The van der Waals surface area contributed by atoms with Crippen LogP contribution in [0, 0.1) is 0 Å². The Morgan fingerprint density at radius 3 is 2.63 bits per heavy atom. The number of methoxy groups -OCH3 is 1. The topological polar surface area (TPSA) is 57.4 Å². The standard InChI is InChI=1S/C25H31N3O2/c1-30-20-11-9-19(10-12-20)22(23-18-27-24-8-4-3-7-21(23)24)17-25(29)26-13-16-28-14-5-2-6-15-28/h3-4,7-12,18,22,27H,2,5-6,13-17H2,1H3,(H,26,29). The van der Waals surface area contributed by atoms with Gasteiger partial charge in [0.15, 0.2) is 0 Å². The number of carbonyl (C=O) groups excluding carboxylic acids is 1. The Kier molecular flexibility index (Phi) is 6.70. The molecule has 0 bridgehead atoms. The summed E-state index contributed by atoms with van der Waals surface area (Å²) in [6, 6.07) is 16.3. The van der Waals surface area contributed by atoms with E-state index in [1.807, 2.05) is 30.5 Å². The molecule has 1 aromatic heterocycles. The third-order valence-corrected chi connectivity index (χ3v) is 6.10. The van der Waals surface area contributed by atoms with Gasteiger partial charge in [0, 0.05) is 42.5 Å². The van der Waals surface area contributed by atoms with Gasteiger partial charge in [-0.25, -0.2) is 0 Å². The summed E-state index contributed by atoms with van der Waals surface area (Å²) in [6.07, 6.45) is 6.34. The van der Waals surface area contributed by atoms with Gasteiger partial charge in [0.1, 0.15) is 5.75 Å². The van der Waals surface area contributed by atoms with Crippen LogP contribution in [0.2, 0.25) is 0 Å². The van der Waals surface area contributed by atoms with Crippen LogP contribution >= 0.6 is 0 Å². The Bertz CT molecular complexity index is 958. The number of ether oxygens (including phenoxy) is 1. The number of nitrogens with zero attached hydrogens (tertiary/aromatic N) is 1. The molecule has 5 nitrogen and oxygen atoms in total. The number of para-hydroxylation sites is 1. The highest BCUT2D eigenvalue weighted by molar-refractivity contribution is 5.86. The van der Waals surface area contributed by atoms with E-state index in [0.29, 0.717) is 13.0 Å². The highest BCUT2D eigenvalue weighted by atomic mass is 16.5. The molecule has 0 radical (unpaired) electrons. The van der Waals surface area contributed by atoms with E-state index < -0.39 is 0 Å². The smallest absolute Gasteiger partial charge is 0.220 e. The predicted octanol–water partition coefficient (Wildman–Crippen LogP) is 4.30. The Labute approximate surface area is 178 Å². The highest BCUT2D eigenvalue weighted by Gasteiger charge is 2.21. The number of piperidine rings is 1. The Morgan fingerprint density at radius 1 is 1.10 bits per heavy atom. The first-order chi connectivity index (χ1) is 14.7. The lowest BCUT2D eigenvalue weighted by Gasteiger charge is -2.26. The van der Waals surface area contributed by atoms with Crippen molar-refractivity contribution >= 4 is 16.8 Å².